The van der Waals surface area contributed by atoms with Crippen molar-refractivity contribution in [1.82, 2.24) is 0 Å². The molecule has 3 rings (SSSR count). The van der Waals surface area contributed by atoms with Gasteiger partial charge < -0.3 is 10.5 Å². The Hall–Kier alpha value is -0.570. The van der Waals surface area contributed by atoms with E-state index in [0.29, 0.717) is 6.61 Å². The van der Waals surface area contributed by atoms with Gasteiger partial charge in [-0.05, 0) is 58.3 Å². The molecule has 0 saturated heterocycles. The highest BCUT2D eigenvalue weighted by atomic mass is 16.5. The van der Waals surface area contributed by atoms with Crippen molar-refractivity contribution >= 4 is 5.97 Å². The lowest BCUT2D eigenvalue weighted by Crippen LogP contribution is -2.45. The molecule has 3 heteroatoms. The summed E-state index contributed by atoms with van der Waals surface area (Å²) in [7, 11) is 0. The Morgan fingerprint density at radius 3 is 2.25 bits per heavy atom. The van der Waals surface area contributed by atoms with Gasteiger partial charge in [-0.3, -0.25) is 4.79 Å². The molecule has 0 heterocycles. The molecule has 3 aliphatic carbocycles. The molecule has 0 radical (unpaired) electrons. The molecular weight excluding hydrogens is 202 g/mol. The summed E-state index contributed by atoms with van der Waals surface area (Å²) in [6, 6.07) is 0. The summed E-state index contributed by atoms with van der Waals surface area (Å²) in [5.74, 6) is 0.679. The normalized spacial score (nSPS) is 33.8. The topological polar surface area (TPSA) is 52.3 Å². The van der Waals surface area contributed by atoms with E-state index in [1.165, 1.54) is 38.5 Å². The summed E-state index contributed by atoms with van der Waals surface area (Å²) < 4.78 is 5.40. The zero-order valence-corrected chi connectivity index (χ0v) is 10.4. The molecule has 0 atom stereocenters. The number of esters is 1. The van der Waals surface area contributed by atoms with E-state index in [0.717, 1.165) is 5.92 Å². The second-order valence-electron chi connectivity index (χ2n) is 6.28. The summed E-state index contributed by atoms with van der Waals surface area (Å²) in [6.07, 6.45) is 7.67. The van der Waals surface area contributed by atoms with Crippen LogP contribution in [0.25, 0.3) is 0 Å². The van der Waals surface area contributed by atoms with Crippen molar-refractivity contribution in [2.45, 2.75) is 57.9 Å². The van der Waals surface area contributed by atoms with E-state index in [-0.39, 0.29) is 11.4 Å². The Kier molecular flexibility index (Phi) is 2.99. The third-order valence-corrected chi connectivity index (χ3v) is 4.28. The Bertz CT molecular complexity index is 258. The van der Waals surface area contributed by atoms with Gasteiger partial charge in [0.15, 0.2) is 0 Å². The SMILES string of the molecule is CC(C)(N)C(=O)OCC12CCC(CC1)CC2. The molecule has 0 aliphatic heterocycles. The van der Waals surface area contributed by atoms with Crippen molar-refractivity contribution in [2.24, 2.45) is 17.1 Å². The number of ether oxygens (including phenoxy) is 1. The molecular formula is C13H23NO2. The summed E-state index contributed by atoms with van der Waals surface area (Å²) >= 11 is 0. The fourth-order valence-corrected chi connectivity index (χ4v) is 2.96. The molecule has 2 N–H and O–H groups in total. The van der Waals surface area contributed by atoms with E-state index in [9.17, 15) is 4.79 Å². The average molecular weight is 225 g/mol. The Balaban J connectivity index is 1.87. The first kappa shape index (κ1) is 11.9. The molecule has 0 amide bonds. The molecule has 3 fully saturated rings. The van der Waals surface area contributed by atoms with E-state index in [1.807, 2.05) is 0 Å². The third-order valence-electron chi connectivity index (χ3n) is 4.28. The van der Waals surface area contributed by atoms with E-state index >= 15 is 0 Å². The maximum atomic E-state index is 11.6. The summed E-state index contributed by atoms with van der Waals surface area (Å²) in [6.45, 7) is 3.98. The molecule has 3 saturated carbocycles. The zero-order chi connectivity index (χ0) is 11.8. The number of fused-ring (bicyclic) bond motifs is 3. The van der Waals surface area contributed by atoms with Crippen molar-refractivity contribution < 1.29 is 9.53 Å². The van der Waals surface area contributed by atoms with Crippen molar-refractivity contribution in [3.05, 3.63) is 0 Å². The molecule has 16 heavy (non-hydrogen) atoms. The Morgan fingerprint density at radius 2 is 1.81 bits per heavy atom. The maximum absolute atomic E-state index is 11.6. The van der Waals surface area contributed by atoms with Crippen molar-refractivity contribution in [3.8, 4) is 0 Å². The van der Waals surface area contributed by atoms with E-state index < -0.39 is 5.54 Å². The second kappa shape index (κ2) is 4.02. The average Bonchev–Trinajstić information content (AvgIpc) is 2.27. The minimum Gasteiger partial charge on any atom is -0.464 e. The predicted octanol–water partition coefficient (Wildman–Crippen LogP) is 2.24. The van der Waals surface area contributed by atoms with Gasteiger partial charge in [-0.2, -0.15) is 0 Å². The fraction of sp³-hybridized carbons (Fsp3) is 0.923. The fourth-order valence-electron chi connectivity index (χ4n) is 2.96. The van der Waals surface area contributed by atoms with E-state index in [1.54, 1.807) is 13.8 Å². The van der Waals surface area contributed by atoms with E-state index in [4.69, 9.17) is 10.5 Å². The molecule has 0 aromatic heterocycles. The third kappa shape index (κ3) is 2.40. The lowest BCUT2D eigenvalue weighted by molar-refractivity contribution is -0.155. The van der Waals surface area contributed by atoms with Gasteiger partial charge in [0.25, 0.3) is 0 Å². The van der Waals surface area contributed by atoms with Gasteiger partial charge in [-0.25, -0.2) is 0 Å². The highest BCUT2D eigenvalue weighted by molar-refractivity contribution is 5.79. The minimum atomic E-state index is -0.859. The summed E-state index contributed by atoms with van der Waals surface area (Å²) in [4.78, 5) is 11.6. The molecule has 92 valence electrons. The zero-order valence-electron chi connectivity index (χ0n) is 10.4. The first-order valence-corrected chi connectivity index (χ1v) is 6.37. The van der Waals surface area contributed by atoms with Crippen molar-refractivity contribution in [2.75, 3.05) is 6.61 Å². The van der Waals surface area contributed by atoms with Crippen LogP contribution in [-0.4, -0.2) is 18.1 Å². The van der Waals surface area contributed by atoms with Crippen LogP contribution in [0.2, 0.25) is 0 Å². The standard InChI is InChI=1S/C13H23NO2/c1-12(2,14)11(15)16-9-13-6-3-10(4-7-13)5-8-13/h10H,3-9,14H2,1-2H3. The van der Waals surface area contributed by atoms with Crippen molar-refractivity contribution in [3.63, 3.8) is 0 Å². The Morgan fingerprint density at radius 1 is 1.31 bits per heavy atom. The molecule has 2 bridgehead atoms. The molecule has 3 aliphatic rings. The summed E-state index contributed by atoms with van der Waals surface area (Å²) in [5, 5.41) is 0. The van der Waals surface area contributed by atoms with Gasteiger partial charge >= 0.3 is 5.97 Å². The quantitative estimate of drug-likeness (QED) is 0.749. The monoisotopic (exact) mass is 225 g/mol. The lowest BCUT2D eigenvalue weighted by atomic mass is 9.61. The lowest BCUT2D eigenvalue weighted by Gasteiger charge is -2.46. The first-order chi connectivity index (χ1) is 7.41. The first-order valence-electron chi connectivity index (χ1n) is 6.37. The molecule has 0 spiro atoms. The van der Waals surface area contributed by atoms with Gasteiger partial charge in [0.1, 0.15) is 5.54 Å². The van der Waals surface area contributed by atoms with Crippen LogP contribution in [0.4, 0.5) is 0 Å². The van der Waals surface area contributed by atoms with Crippen LogP contribution in [0.1, 0.15) is 52.4 Å². The molecule has 0 aromatic carbocycles. The van der Waals surface area contributed by atoms with Gasteiger partial charge in [-0.1, -0.05) is 0 Å². The highest BCUT2D eigenvalue weighted by Gasteiger charge is 2.41. The number of hydrogen-bond acceptors (Lipinski definition) is 3. The van der Waals surface area contributed by atoms with Gasteiger partial charge in [0, 0.05) is 5.41 Å². The van der Waals surface area contributed by atoms with Crippen molar-refractivity contribution in [1.29, 1.82) is 0 Å². The number of carbonyl (C=O) groups excluding carboxylic acids is 1. The van der Waals surface area contributed by atoms with Crippen LogP contribution in [0.5, 0.6) is 0 Å². The number of nitrogens with two attached hydrogens (primary N) is 1. The van der Waals surface area contributed by atoms with Crippen LogP contribution in [0.15, 0.2) is 0 Å². The minimum absolute atomic E-state index is 0.269. The van der Waals surface area contributed by atoms with E-state index in [2.05, 4.69) is 0 Å². The Labute approximate surface area is 97.7 Å². The predicted molar refractivity (Wildman–Crippen MR) is 62.9 cm³/mol. The van der Waals surface area contributed by atoms with Gasteiger partial charge in [0.05, 0.1) is 6.61 Å². The van der Waals surface area contributed by atoms with Crippen LogP contribution < -0.4 is 5.73 Å². The molecule has 3 nitrogen and oxygen atoms in total. The second-order valence-corrected chi connectivity index (χ2v) is 6.28. The molecule has 0 unspecified atom stereocenters. The number of carbonyl (C=O) groups is 1. The summed E-state index contributed by atoms with van der Waals surface area (Å²) in [5.41, 5.74) is 5.14. The smallest absolute Gasteiger partial charge is 0.325 e. The number of rotatable bonds is 3. The van der Waals surface area contributed by atoms with Gasteiger partial charge in [-0.15, -0.1) is 0 Å². The van der Waals surface area contributed by atoms with Crippen LogP contribution in [0.3, 0.4) is 0 Å². The molecule has 0 aromatic rings. The maximum Gasteiger partial charge on any atom is 0.325 e. The van der Waals surface area contributed by atoms with Crippen LogP contribution in [0, 0.1) is 11.3 Å². The number of hydrogen-bond donors (Lipinski definition) is 1. The van der Waals surface area contributed by atoms with Crippen LogP contribution >= 0.6 is 0 Å². The van der Waals surface area contributed by atoms with Gasteiger partial charge in [0.2, 0.25) is 0 Å². The highest BCUT2D eigenvalue weighted by Crippen LogP contribution is 2.50. The largest absolute Gasteiger partial charge is 0.464 e. The van der Waals surface area contributed by atoms with Crippen LogP contribution in [-0.2, 0) is 9.53 Å².